The maximum absolute atomic E-state index is 5.67. The third-order valence-electron chi connectivity index (χ3n) is 2.02. The summed E-state index contributed by atoms with van der Waals surface area (Å²) in [7, 11) is -0.203. The monoisotopic (exact) mass is 147 g/mol. The van der Waals surface area contributed by atoms with E-state index in [2.05, 4.69) is 19.1 Å². The lowest BCUT2D eigenvalue weighted by atomic mass is 9.75. The molecule has 0 unspecified atom stereocenters. The van der Waals surface area contributed by atoms with E-state index in [1.165, 1.54) is 11.1 Å². The quantitative estimate of drug-likeness (QED) is 0.531. The molecule has 2 N–H and O–H groups in total. The molecular formula is C8H10BNO. The predicted molar refractivity (Wildman–Crippen MR) is 45.5 cm³/mol. The average molecular weight is 147 g/mol. The topological polar surface area (TPSA) is 35.2 Å². The minimum Gasteiger partial charge on any atom is -0.414 e. The lowest BCUT2D eigenvalue weighted by Gasteiger charge is -1.98. The first-order valence-electron chi connectivity index (χ1n) is 3.74. The third kappa shape index (κ3) is 1.06. The van der Waals surface area contributed by atoms with Crippen molar-refractivity contribution in [1.29, 1.82) is 0 Å². The second kappa shape index (κ2) is 2.36. The van der Waals surface area contributed by atoms with E-state index in [9.17, 15) is 0 Å². The van der Waals surface area contributed by atoms with Crippen LogP contribution in [0.3, 0.4) is 0 Å². The standard InChI is InChI=1S/C8H10BNO/c1-6-2-3-8-7(4-6)5-11-9(8)10/h2-4H,5,10H2,1H3. The smallest absolute Gasteiger partial charge is 0.413 e. The number of rotatable bonds is 0. The van der Waals surface area contributed by atoms with Gasteiger partial charge in [0.1, 0.15) is 0 Å². The van der Waals surface area contributed by atoms with Crippen molar-refractivity contribution in [2.75, 3.05) is 0 Å². The average Bonchev–Trinajstić information content (AvgIpc) is 2.32. The fourth-order valence-corrected chi connectivity index (χ4v) is 1.41. The van der Waals surface area contributed by atoms with Gasteiger partial charge in [-0.2, -0.15) is 0 Å². The molecule has 0 spiro atoms. The van der Waals surface area contributed by atoms with Gasteiger partial charge in [-0.1, -0.05) is 23.8 Å². The van der Waals surface area contributed by atoms with E-state index in [1.54, 1.807) is 0 Å². The van der Waals surface area contributed by atoms with Crippen LogP contribution in [0.15, 0.2) is 18.2 Å². The van der Waals surface area contributed by atoms with Crippen molar-refractivity contribution >= 4 is 12.5 Å². The maximum atomic E-state index is 5.67. The minimum atomic E-state index is -0.203. The zero-order valence-corrected chi connectivity index (χ0v) is 6.50. The van der Waals surface area contributed by atoms with E-state index in [-0.39, 0.29) is 7.05 Å². The molecule has 1 aliphatic heterocycles. The van der Waals surface area contributed by atoms with E-state index < -0.39 is 0 Å². The molecule has 0 aliphatic carbocycles. The van der Waals surface area contributed by atoms with Gasteiger partial charge in [0.25, 0.3) is 0 Å². The first-order chi connectivity index (χ1) is 5.27. The minimum absolute atomic E-state index is 0.203. The molecular weight excluding hydrogens is 137 g/mol. The summed E-state index contributed by atoms with van der Waals surface area (Å²) in [5.74, 6) is 0. The van der Waals surface area contributed by atoms with Gasteiger partial charge in [0.15, 0.2) is 0 Å². The summed E-state index contributed by atoms with van der Waals surface area (Å²) >= 11 is 0. The van der Waals surface area contributed by atoms with Crippen molar-refractivity contribution in [3.8, 4) is 0 Å². The second-order valence-electron chi connectivity index (χ2n) is 2.93. The zero-order chi connectivity index (χ0) is 7.84. The molecule has 56 valence electrons. The van der Waals surface area contributed by atoms with Gasteiger partial charge in [0, 0.05) is 0 Å². The van der Waals surface area contributed by atoms with Gasteiger partial charge in [-0.25, -0.2) is 0 Å². The number of aryl methyl sites for hydroxylation is 1. The lowest BCUT2D eigenvalue weighted by Crippen LogP contribution is -2.38. The molecule has 1 aromatic rings. The van der Waals surface area contributed by atoms with Crippen LogP contribution in [0.2, 0.25) is 0 Å². The summed E-state index contributed by atoms with van der Waals surface area (Å²) < 4.78 is 5.26. The Balaban J connectivity index is 2.50. The van der Waals surface area contributed by atoms with Crippen molar-refractivity contribution in [2.24, 2.45) is 5.64 Å². The van der Waals surface area contributed by atoms with Crippen LogP contribution in [0.4, 0.5) is 0 Å². The number of fused-ring (bicyclic) bond motifs is 1. The molecule has 11 heavy (non-hydrogen) atoms. The van der Waals surface area contributed by atoms with E-state index in [0.717, 1.165) is 5.46 Å². The molecule has 1 aromatic carbocycles. The van der Waals surface area contributed by atoms with Gasteiger partial charge in [-0.3, -0.25) is 0 Å². The summed E-state index contributed by atoms with van der Waals surface area (Å²) in [6.45, 7) is 2.74. The molecule has 0 aromatic heterocycles. The van der Waals surface area contributed by atoms with Gasteiger partial charge in [0.05, 0.1) is 6.61 Å². The molecule has 0 saturated carbocycles. The van der Waals surface area contributed by atoms with Gasteiger partial charge >= 0.3 is 7.05 Å². The summed E-state index contributed by atoms with van der Waals surface area (Å²) in [5, 5.41) is 0. The van der Waals surface area contributed by atoms with Crippen LogP contribution in [0.5, 0.6) is 0 Å². The van der Waals surface area contributed by atoms with Crippen molar-refractivity contribution in [2.45, 2.75) is 13.5 Å². The first kappa shape index (κ1) is 6.89. The molecule has 0 atom stereocenters. The fourth-order valence-electron chi connectivity index (χ4n) is 1.41. The van der Waals surface area contributed by atoms with Crippen LogP contribution in [0.1, 0.15) is 11.1 Å². The van der Waals surface area contributed by atoms with Crippen molar-refractivity contribution < 1.29 is 4.65 Å². The molecule has 1 heterocycles. The first-order valence-corrected chi connectivity index (χ1v) is 3.74. The summed E-state index contributed by atoms with van der Waals surface area (Å²) in [4.78, 5) is 0. The third-order valence-corrected chi connectivity index (χ3v) is 2.02. The Morgan fingerprint density at radius 3 is 3.18 bits per heavy atom. The van der Waals surface area contributed by atoms with Gasteiger partial charge in [0.2, 0.25) is 0 Å². The fraction of sp³-hybridized carbons (Fsp3) is 0.250. The molecule has 2 rings (SSSR count). The highest BCUT2D eigenvalue weighted by Crippen LogP contribution is 2.09. The number of nitrogens with two attached hydrogens (primary N) is 1. The highest BCUT2D eigenvalue weighted by Gasteiger charge is 2.23. The van der Waals surface area contributed by atoms with Crippen LogP contribution in [-0.4, -0.2) is 7.05 Å². The summed E-state index contributed by atoms with van der Waals surface area (Å²) in [5.41, 5.74) is 9.31. The molecule has 0 bridgehead atoms. The van der Waals surface area contributed by atoms with Gasteiger partial charge in [-0.05, 0) is 17.9 Å². The maximum Gasteiger partial charge on any atom is 0.413 e. The van der Waals surface area contributed by atoms with Gasteiger partial charge in [-0.15, -0.1) is 0 Å². The van der Waals surface area contributed by atoms with Crippen LogP contribution in [0, 0.1) is 6.92 Å². The summed E-state index contributed by atoms with van der Waals surface area (Å²) in [6, 6.07) is 6.23. The summed E-state index contributed by atoms with van der Waals surface area (Å²) in [6.07, 6.45) is 0. The van der Waals surface area contributed by atoms with E-state index in [0.29, 0.717) is 6.61 Å². The Labute approximate surface area is 66.5 Å². The normalized spacial score (nSPS) is 15.3. The van der Waals surface area contributed by atoms with Crippen LogP contribution in [0.25, 0.3) is 0 Å². The van der Waals surface area contributed by atoms with Crippen LogP contribution in [-0.2, 0) is 11.3 Å². The highest BCUT2D eigenvalue weighted by molar-refractivity contribution is 6.65. The van der Waals surface area contributed by atoms with E-state index >= 15 is 0 Å². The molecule has 3 heteroatoms. The van der Waals surface area contributed by atoms with Crippen molar-refractivity contribution in [3.05, 3.63) is 29.3 Å². The Bertz CT molecular complexity index is 287. The van der Waals surface area contributed by atoms with E-state index in [1.807, 2.05) is 6.07 Å². The zero-order valence-electron chi connectivity index (χ0n) is 6.50. The van der Waals surface area contributed by atoms with Crippen molar-refractivity contribution in [1.82, 2.24) is 0 Å². The molecule has 0 saturated heterocycles. The van der Waals surface area contributed by atoms with Crippen LogP contribution < -0.4 is 11.1 Å². The Morgan fingerprint density at radius 2 is 2.36 bits per heavy atom. The molecule has 0 fully saturated rings. The molecule has 2 nitrogen and oxygen atoms in total. The largest absolute Gasteiger partial charge is 0.414 e. The van der Waals surface area contributed by atoms with Crippen molar-refractivity contribution in [3.63, 3.8) is 0 Å². The van der Waals surface area contributed by atoms with Gasteiger partial charge < -0.3 is 10.3 Å². The molecule has 0 radical (unpaired) electrons. The van der Waals surface area contributed by atoms with E-state index in [4.69, 9.17) is 10.3 Å². The number of benzene rings is 1. The number of hydrogen-bond acceptors (Lipinski definition) is 2. The lowest BCUT2D eigenvalue weighted by molar-refractivity contribution is 0.331. The van der Waals surface area contributed by atoms with Crippen LogP contribution >= 0.6 is 0 Å². The molecule has 1 aliphatic rings. The Hall–Kier alpha value is -0.795. The molecule has 0 amide bonds. The number of hydrogen-bond donors (Lipinski definition) is 1. The SMILES string of the molecule is Cc1ccc2c(c1)COB2N. The second-order valence-corrected chi connectivity index (χ2v) is 2.93. The highest BCUT2D eigenvalue weighted by atomic mass is 16.4. The Morgan fingerprint density at radius 1 is 1.55 bits per heavy atom. The Kier molecular flexibility index (Phi) is 1.48. The predicted octanol–water partition coefficient (Wildman–Crippen LogP) is 0.179.